The fraction of sp³-hybridized carbons (Fsp3) is 0.529. The van der Waals surface area contributed by atoms with E-state index in [0.29, 0.717) is 12.3 Å². The van der Waals surface area contributed by atoms with Gasteiger partial charge < -0.3 is 9.47 Å². The molecule has 3 nitrogen and oxygen atoms in total. The van der Waals surface area contributed by atoms with E-state index in [1.807, 2.05) is 6.07 Å². The van der Waals surface area contributed by atoms with Gasteiger partial charge in [-0.3, -0.25) is 4.90 Å². The molecule has 4 heteroatoms. The molecule has 1 aromatic rings. The number of allylic oxidation sites excluding steroid dienone is 1. The molecule has 1 aliphatic carbocycles. The molecule has 21 heavy (non-hydrogen) atoms. The molecule has 0 N–H and O–H groups in total. The van der Waals surface area contributed by atoms with Crippen LogP contribution < -0.4 is 9.47 Å². The molecule has 0 aromatic heterocycles. The maximum atomic E-state index is 5.52. The van der Waals surface area contributed by atoms with Crippen LogP contribution >= 0.6 is 15.9 Å². The lowest BCUT2D eigenvalue weighted by Crippen LogP contribution is -2.42. The standard InChI is InChI=1S/C17H20BrNO2/c18-14-10-16-15(20-12-21-16)9-13(14)11-19-8-4-7-17(19)5-2-1-3-6-17/h2,5,9-10H,1,3-4,6-8,11-12H2. The van der Waals surface area contributed by atoms with Crippen molar-refractivity contribution in [1.29, 1.82) is 0 Å². The van der Waals surface area contributed by atoms with Crippen LogP contribution in [0.25, 0.3) is 0 Å². The number of fused-ring (bicyclic) bond motifs is 1. The first-order valence-electron chi connectivity index (χ1n) is 7.78. The fourth-order valence-electron chi connectivity index (χ4n) is 3.86. The van der Waals surface area contributed by atoms with Crippen LogP contribution in [0.3, 0.4) is 0 Å². The number of ether oxygens (including phenoxy) is 2. The summed E-state index contributed by atoms with van der Waals surface area (Å²) in [7, 11) is 0. The van der Waals surface area contributed by atoms with Gasteiger partial charge in [0.25, 0.3) is 0 Å². The van der Waals surface area contributed by atoms with Crippen LogP contribution in [0.4, 0.5) is 0 Å². The van der Waals surface area contributed by atoms with Crippen LogP contribution in [0.5, 0.6) is 11.5 Å². The second-order valence-electron chi connectivity index (χ2n) is 6.22. The Morgan fingerprint density at radius 3 is 2.76 bits per heavy atom. The van der Waals surface area contributed by atoms with Gasteiger partial charge in [-0.2, -0.15) is 0 Å². The number of halogens is 1. The molecular weight excluding hydrogens is 330 g/mol. The number of nitrogens with zero attached hydrogens (tertiary/aromatic N) is 1. The smallest absolute Gasteiger partial charge is 0.231 e. The Labute approximate surface area is 134 Å². The first-order valence-corrected chi connectivity index (χ1v) is 8.57. The van der Waals surface area contributed by atoms with Crippen molar-refractivity contribution in [2.75, 3.05) is 13.3 Å². The highest BCUT2D eigenvalue weighted by Crippen LogP contribution is 2.42. The molecule has 1 atom stereocenters. The second-order valence-corrected chi connectivity index (χ2v) is 7.07. The molecule has 1 fully saturated rings. The molecule has 2 heterocycles. The SMILES string of the molecule is Brc1cc2c(cc1CN1CCCC13C=CCCC3)OCO2. The molecule has 0 saturated carbocycles. The van der Waals surface area contributed by atoms with Crippen LogP contribution in [-0.4, -0.2) is 23.8 Å². The van der Waals surface area contributed by atoms with Gasteiger partial charge in [-0.15, -0.1) is 0 Å². The number of benzene rings is 1. The third-order valence-corrected chi connectivity index (χ3v) is 5.72. The minimum Gasteiger partial charge on any atom is -0.454 e. The van der Waals surface area contributed by atoms with Gasteiger partial charge >= 0.3 is 0 Å². The van der Waals surface area contributed by atoms with Crippen molar-refractivity contribution in [2.24, 2.45) is 0 Å². The van der Waals surface area contributed by atoms with E-state index in [1.165, 1.54) is 44.2 Å². The molecule has 0 radical (unpaired) electrons. The van der Waals surface area contributed by atoms with Crippen molar-refractivity contribution < 1.29 is 9.47 Å². The minimum atomic E-state index is 0.300. The zero-order valence-electron chi connectivity index (χ0n) is 12.1. The Morgan fingerprint density at radius 2 is 1.95 bits per heavy atom. The molecule has 2 aliphatic heterocycles. The van der Waals surface area contributed by atoms with E-state index in [4.69, 9.17) is 9.47 Å². The van der Waals surface area contributed by atoms with Crippen molar-refractivity contribution in [2.45, 2.75) is 44.2 Å². The zero-order chi connectivity index (χ0) is 14.3. The number of rotatable bonds is 2. The van der Waals surface area contributed by atoms with Crippen molar-refractivity contribution in [3.63, 3.8) is 0 Å². The Hall–Kier alpha value is -1.00. The quantitative estimate of drug-likeness (QED) is 0.745. The van der Waals surface area contributed by atoms with Gasteiger partial charge in [0, 0.05) is 16.6 Å². The second kappa shape index (κ2) is 5.33. The van der Waals surface area contributed by atoms with E-state index >= 15 is 0 Å². The topological polar surface area (TPSA) is 21.7 Å². The molecule has 1 aromatic carbocycles. The van der Waals surface area contributed by atoms with Crippen LogP contribution in [-0.2, 0) is 6.54 Å². The summed E-state index contributed by atoms with van der Waals surface area (Å²) in [5.74, 6) is 1.72. The molecule has 0 bridgehead atoms. The first kappa shape index (κ1) is 13.6. The summed E-state index contributed by atoms with van der Waals surface area (Å²) in [6.07, 6.45) is 11.3. The largest absolute Gasteiger partial charge is 0.454 e. The first-order chi connectivity index (χ1) is 10.3. The molecule has 4 rings (SSSR count). The van der Waals surface area contributed by atoms with Crippen LogP contribution in [0, 0.1) is 0 Å². The average Bonchev–Trinajstić information content (AvgIpc) is 3.08. The van der Waals surface area contributed by atoms with E-state index in [2.05, 4.69) is 39.0 Å². The summed E-state index contributed by atoms with van der Waals surface area (Å²) in [4.78, 5) is 2.64. The number of likely N-dealkylation sites (tertiary alicyclic amines) is 1. The zero-order valence-corrected chi connectivity index (χ0v) is 13.7. The highest BCUT2D eigenvalue weighted by atomic mass is 79.9. The van der Waals surface area contributed by atoms with Gasteiger partial charge in [0.15, 0.2) is 11.5 Å². The third-order valence-electron chi connectivity index (χ3n) is 4.98. The number of hydrogen-bond acceptors (Lipinski definition) is 3. The van der Waals surface area contributed by atoms with Crippen molar-refractivity contribution in [3.05, 3.63) is 34.3 Å². The van der Waals surface area contributed by atoms with Gasteiger partial charge in [0.2, 0.25) is 6.79 Å². The fourth-order valence-corrected chi connectivity index (χ4v) is 4.31. The molecule has 1 unspecified atom stereocenters. The molecular formula is C17H20BrNO2. The lowest BCUT2D eigenvalue weighted by Gasteiger charge is -2.38. The van der Waals surface area contributed by atoms with Crippen molar-refractivity contribution >= 4 is 15.9 Å². The molecule has 1 saturated heterocycles. The van der Waals surface area contributed by atoms with Gasteiger partial charge in [-0.1, -0.05) is 28.1 Å². The number of hydrogen-bond donors (Lipinski definition) is 0. The normalized spacial score (nSPS) is 27.7. The summed E-state index contributed by atoms with van der Waals surface area (Å²) in [6, 6.07) is 4.17. The highest BCUT2D eigenvalue weighted by Gasteiger charge is 2.39. The molecule has 0 amide bonds. The highest BCUT2D eigenvalue weighted by molar-refractivity contribution is 9.10. The lowest BCUT2D eigenvalue weighted by atomic mass is 9.85. The van der Waals surface area contributed by atoms with Crippen molar-refractivity contribution in [3.8, 4) is 11.5 Å². The Bertz CT molecular complexity index is 586. The summed E-state index contributed by atoms with van der Waals surface area (Å²) >= 11 is 3.69. The maximum Gasteiger partial charge on any atom is 0.231 e. The Morgan fingerprint density at radius 1 is 1.14 bits per heavy atom. The van der Waals surface area contributed by atoms with E-state index in [-0.39, 0.29) is 0 Å². The minimum absolute atomic E-state index is 0.300. The van der Waals surface area contributed by atoms with Crippen LogP contribution in [0.2, 0.25) is 0 Å². The van der Waals surface area contributed by atoms with E-state index in [9.17, 15) is 0 Å². The average molecular weight is 350 g/mol. The van der Waals surface area contributed by atoms with E-state index < -0.39 is 0 Å². The van der Waals surface area contributed by atoms with Gasteiger partial charge in [0.05, 0.1) is 0 Å². The summed E-state index contributed by atoms with van der Waals surface area (Å²) in [5.41, 5.74) is 1.59. The van der Waals surface area contributed by atoms with Crippen LogP contribution in [0.15, 0.2) is 28.8 Å². The summed E-state index contributed by atoms with van der Waals surface area (Å²) < 4.78 is 12.1. The lowest BCUT2D eigenvalue weighted by molar-refractivity contribution is 0.157. The predicted molar refractivity (Wildman–Crippen MR) is 85.6 cm³/mol. The summed E-state index contributed by atoms with van der Waals surface area (Å²) in [5, 5.41) is 0. The monoisotopic (exact) mass is 349 g/mol. The molecule has 1 spiro atoms. The van der Waals surface area contributed by atoms with Gasteiger partial charge in [-0.05, 0) is 56.3 Å². The molecule has 112 valence electrons. The van der Waals surface area contributed by atoms with E-state index in [0.717, 1.165) is 22.5 Å². The Balaban J connectivity index is 1.61. The van der Waals surface area contributed by atoms with Crippen LogP contribution in [0.1, 0.15) is 37.7 Å². The third kappa shape index (κ3) is 2.38. The molecule has 3 aliphatic rings. The predicted octanol–water partition coefficient (Wildman–Crippen LogP) is 4.25. The maximum absolute atomic E-state index is 5.52. The van der Waals surface area contributed by atoms with E-state index in [1.54, 1.807) is 0 Å². The van der Waals surface area contributed by atoms with Gasteiger partial charge in [0.1, 0.15) is 0 Å². The van der Waals surface area contributed by atoms with Gasteiger partial charge in [-0.25, -0.2) is 0 Å². The van der Waals surface area contributed by atoms with Crippen molar-refractivity contribution in [1.82, 2.24) is 4.90 Å². The Kier molecular flexibility index (Phi) is 3.46. The summed E-state index contributed by atoms with van der Waals surface area (Å²) in [6.45, 7) is 2.49.